The van der Waals surface area contributed by atoms with E-state index < -0.39 is 0 Å². The zero-order valence-electron chi connectivity index (χ0n) is 13.6. The largest absolute Gasteiger partial charge is 0.419 e. The minimum atomic E-state index is -0.373. The summed E-state index contributed by atoms with van der Waals surface area (Å²) in [6, 6.07) is 1.28. The zero-order chi connectivity index (χ0) is 14.9. The van der Waals surface area contributed by atoms with E-state index >= 15 is 0 Å². The first-order valence-electron chi connectivity index (χ1n) is 8.09. The van der Waals surface area contributed by atoms with Gasteiger partial charge in [-0.25, -0.2) is 0 Å². The van der Waals surface area contributed by atoms with Gasteiger partial charge in [0, 0.05) is 14.2 Å². The van der Waals surface area contributed by atoms with Gasteiger partial charge in [0.1, 0.15) is 0 Å². The highest BCUT2D eigenvalue weighted by Crippen LogP contribution is 2.10. The number of allylic oxidation sites excluding steroid dienone is 1. The van der Waals surface area contributed by atoms with Crippen LogP contribution in [0.4, 0.5) is 0 Å². The number of unbranched alkanes of at least 4 members (excludes halogenated alkanes) is 8. The van der Waals surface area contributed by atoms with E-state index in [-0.39, 0.29) is 16.1 Å². The third-order valence-electron chi connectivity index (χ3n) is 3.48. The van der Waals surface area contributed by atoms with Crippen molar-refractivity contribution >= 4 is 9.76 Å². The summed E-state index contributed by atoms with van der Waals surface area (Å²) in [4.78, 5) is 0. The van der Waals surface area contributed by atoms with Gasteiger partial charge in [-0.15, -0.1) is 6.58 Å². The SMILES string of the molecule is C=CCCCCCCCCCC[SiH2]OCC(OC)OC. The molecule has 0 rings (SSSR count). The van der Waals surface area contributed by atoms with Crippen molar-refractivity contribution in [1.29, 1.82) is 0 Å². The predicted molar refractivity (Wildman–Crippen MR) is 88.9 cm³/mol. The number of ether oxygens (including phenoxy) is 2. The van der Waals surface area contributed by atoms with E-state index in [0.29, 0.717) is 6.61 Å². The summed E-state index contributed by atoms with van der Waals surface area (Å²) in [5.41, 5.74) is 0. The molecule has 0 aliphatic heterocycles. The van der Waals surface area contributed by atoms with Crippen LogP contribution in [0.15, 0.2) is 12.7 Å². The average Bonchev–Trinajstić information content (AvgIpc) is 2.48. The summed E-state index contributed by atoms with van der Waals surface area (Å²) < 4.78 is 15.8. The van der Waals surface area contributed by atoms with Gasteiger partial charge < -0.3 is 13.9 Å². The molecule has 0 saturated carbocycles. The first-order valence-corrected chi connectivity index (χ1v) is 9.67. The molecule has 0 bridgehead atoms. The van der Waals surface area contributed by atoms with Crippen LogP contribution < -0.4 is 0 Å². The summed E-state index contributed by atoms with van der Waals surface area (Å²) in [5, 5.41) is 0. The fraction of sp³-hybridized carbons (Fsp3) is 0.875. The van der Waals surface area contributed by atoms with E-state index in [4.69, 9.17) is 13.9 Å². The molecule has 0 unspecified atom stereocenters. The molecule has 4 heteroatoms. The lowest BCUT2D eigenvalue weighted by Crippen LogP contribution is -2.21. The first kappa shape index (κ1) is 19.8. The molecule has 0 aliphatic carbocycles. The van der Waals surface area contributed by atoms with Crippen LogP contribution in [0.1, 0.15) is 57.8 Å². The minimum Gasteiger partial charge on any atom is -0.419 e. The van der Waals surface area contributed by atoms with Gasteiger partial charge in [-0.3, -0.25) is 0 Å². The monoisotopic (exact) mass is 302 g/mol. The number of methoxy groups -OCH3 is 2. The molecule has 0 fully saturated rings. The molecule has 120 valence electrons. The maximum atomic E-state index is 5.64. The van der Waals surface area contributed by atoms with Crippen molar-refractivity contribution in [2.24, 2.45) is 0 Å². The van der Waals surface area contributed by atoms with Crippen LogP contribution in [0, 0.1) is 0 Å². The van der Waals surface area contributed by atoms with Crippen molar-refractivity contribution in [3.8, 4) is 0 Å². The molecule has 0 aromatic carbocycles. The van der Waals surface area contributed by atoms with Gasteiger partial charge in [0.15, 0.2) is 16.1 Å². The Bertz CT molecular complexity index is 196. The Morgan fingerprint density at radius 1 is 0.900 bits per heavy atom. The van der Waals surface area contributed by atoms with Crippen LogP contribution in [0.2, 0.25) is 6.04 Å². The molecule has 20 heavy (non-hydrogen) atoms. The first-order chi connectivity index (χ1) is 9.85. The molecule has 0 heterocycles. The van der Waals surface area contributed by atoms with Crippen molar-refractivity contribution in [2.75, 3.05) is 20.8 Å². The standard InChI is InChI=1S/C16H34O3Si/c1-4-5-6-7-8-9-10-11-12-13-14-20-19-15-16(17-2)18-3/h4,16H,1,5-15,20H2,2-3H3. The Morgan fingerprint density at radius 3 is 2.00 bits per heavy atom. The summed E-state index contributed by atoms with van der Waals surface area (Å²) in [6.07, 6.45) is 13.9. The second-order valence-electron chi connectivity index (χ2n) is 5.24. The highest BCUT2D eigenvalue weighted by Gasteiger charge is 2.03. The topological polar surface area (TPSA) is 27.7 Å². The van der Waals surface area contributed by atoms with Crippen LogP contribution in [0.3, 0.4) is 0 Å². The predicted octanol–water partition coefficient (Wildman–Crippen LogP) is 3.82. The van der Waals surface area contributed by atoms with Crippen LogP contribution >= 0.6 is 0 Å². The fourth-order valence-electron chi connectivity index (χ4n) is 2.14. The molecule has 0 radical (unpaired) electrons. The van der Waals surface area contributed by atoms with Gasteiger partial charge in [0.25, 0.3) is 0 Å². The normalized spacial score (nSPS) is 11.8. The van der Waals surface area contributed by atoms with Gasteiger partial charge in [0.05, 0.1) is 6.61 Å². The van der Waals surface area contributed by atoms with Crippen molar-refractivity contribution in [3.05, 3.63) is 12.7 Å². The van der Waals surface area contributed by atoms with E-state index in [9.17, 15) is 0 Å². The summed E-state index contributed by atoms with van der Waals surface area (Å²) in [6.45, 7) is 4.34. The van der Waals surface area contributed by atoms with Crippen molar-refractivity contribution < 1.29 is 13.9 Å². The van der Waals surface area contributed by atoms with Gasteiger partial charge >= 0.3 is 0 Å². The Hall–Kier alpha value is -0.163. The smallest absolute Gasteiger partial charge is 0.178 e. The molecule has 0 atom stereocenters. The van der Waals surface area contributed by atoms with Crippen molar-refractivity contribution in [3.63, 3.8) is 0 Å². The van der Waals surface area contributed by atoms with Crippen LogP contribution in [0.5, 0.6) is 0 Å². The van der Waals surface area contributed by atoms with Crippen LogP contribution in [-0.2, 0) is 13.9 Å². The number of hydrogen-bond donors (Lipinski definition) is 0. The Kier molecular flexibility index (Phi) is 16.8. The molecule has 0 aromatic rings. The average molecular weight is 303 g/mol. The van der Waals surface area contributed by atoms with Crippen LogP contribution in [0.25, 0.3) is 0 Å². The van der Waals surface area contributed by atoms with Gasteiger partial charge in [-0.1, -0.05) is 51.0 Å². The molecule has 3 nitrogen and oxygen atoms in total. The summed E-state index contributed by atoms with van der Waals surface area (Å²) in [5.74, 6) is 0. The Balaban J connectivity index is 3.04. The number of rotatable bonds is 16. The molecule has 0 spiro atoms. The summed E-state index contributed by atoms with van der Waals surface area (Å²) >= 11 is 0. The molecule has 0 N–H and O–H groups in total. The van der Waals surface area contributed by atoms with E-state index in [1.807, 2.05) is 6.08 Å². The van der Waals surface area contributed by atoms with E-state index in [0.717, 1.165) is 0 Å². The second kappa shape index (κ2) is 16.9. The molecular weight excluding hydrogens is 268 g/mol. The zero-order valence-corrected chi connectivity index (χ0v) is 15.0. The van der Waals surface area contributed by atoms with Gasteiger partial charge in [0.2, 0.25) is 0 Å². The lowest BCUT2D eigenvalue weighted by atomic mass is 10.1. The van der Waals surface area contributed by atoms with Crippen molar-refractivity contribution in [1.82, 2.24) is 0 Å². The third-order valence-corrected chi connectivity index (χ3v) is 4.79. The van der Waals surface area contributed by atoms with Gasteiger partial charge in [-0.2, -0.15) is 0 Å². The van der Waals surface area contributed by atoms with E-state index in [1.54, 1.807) is 14.2 Å². The summed E-state index contributed by atoms with van der Waals surface area (Å²) in [7, 11) is 2.93. The number of hydrogen-bond acceptors (Lipinski definition) is 3. The van der Waals surface area contributed by atoms with E-state index in [1.165, 1.54) is 63.8 Å². The fourth-order valence-corrected chi connectivity index (χ4v) is 3.26. The van der Waals surface area contributed by atoms with Crippen LogP contribution in [-0.4, -0.2) is 36.9 Å². The Morgan fingerprint density at radius 2 is 1.45 bits per heavy atom. The maximum Gasteiger partial charge on any atom is 0.178 e. The quantitative estimate of drug-likeness (QED) is 0.188. The lowest BCUT2D eigenvalue weighted by molar-refractivity contribution is -0.121. The van der Waals surface area contributed by atoms with E-state index in [2.05, 4.69) is 6.58 Å². The van der Waals surface area contributed by atoms with Crippen molar-refractivity contribution in [2.45, 2.75) is 70.1 Å². The molecule has 0 amide bonds. The maximum absolute atomic E-state index is 5.64. The third kappa shape index (κ3) is 14.3. The second-order valence-corrected chi connectivity index (χ2v) is 6.76. The molecule has 0 saturated heterocycles. The highest BCUT2D eigenvalue weighted by molar-refractivity contribution is 6.26. The highest BCUT2D eigenvalue weighted by atomic mass is 28.2. The molecular formula is C16H34O3Si. The van der Waals surface area contributed by atoms with Gasteiger partial charge in [-0.05, 0) is 18.9 Å². The minimum absolute atomic E-state index is 0.191. The molecule has 0 aromatic heterocycles. The lowest BCUT2D eigenvalue weighted by Gasteiger charge is -2.13. The Labute approximate surface area is 128 Å². The molecule has 0 aliphatic rings.